The number of halogens is 3. The van der Waals surface area contributed by atoms with E-state index >= 15 is 0 Å². The number of ketones is 1. The van der Waals surface area contributed by atoms with Crippen LogP contribution in [-0.4, -0.2) is 12.0 Å². The molecule has 0 aliphatic carbocycles. The first-order chi connectivity index (χ1) is 5.25. The number of carbonyl (C=O) groups is 1. The van der Waals surface area contributed by atoms with Gasteiger partial charge in [-0.1, -0.05) is 13.8 Å². The number of carbonyl (C=O) groups excluding carboxylic acids is 1. The second-order valence-electron chi connectivity index (χ2n) is 2.88. The second-order valence-corrected chi connectivity index (χ2v) is 2.88. The highest BCUT2D eigenvalue weighted by Gasteiger charge is 2.30. The zero-order valence-corrected chi connectivity index (χ0v) is 7.20. The molecule has 12 heavy (non-hydrogen) atoms. The highest BCUT2D eigenvalue weighted by atomic mass is 19.4. The number of hydrogen-bond donors (Lipinski definition) is 0. The van der Waals surface area contributed by atoms with E-state index < -0.39 is 17.5 Å². The van der Waals surface area contributed by atoms with Gasteiger partial charge < -0.3 is 0 Å². The third-order valence-corrected chi connectivity index (χ3v) is 1.37. The number of rotatable bonds is 2. The molecule has 0 saturated carbocycles. The first-order valence-electron chi connectivity index (χ1n) is 3.54. The number of alkyl halides is 3. The van der Waals surface area contributed by atoms with E-state index in [9.17, 15) is 18.0 Å². The van der Waals surface area contributed by atoms with Gasteiger partial charge in [0.2, 0.25) is 0 Å². The molecule has 0 spiro atoms. The van der Waals surface area contributed by atoms with Crippen molar-refractivity contribution >= 4 is 5.78 Å². The molecule has 0 fully saturated rings. The summed E-state index contributed by atoms with van der Waals surface area (Å²) in [6.45, 7) is 4.01. The van der Waals surface area contributed by atoms with Gasteiger partial charge in [-0.2, -0.15) is 13.2 Å². The van der Waals surface area contributed by atoms with Crippen molar-refractivity contribution in [2.75, 3.05) is 0 Å². The number of hydrogen-bond acceptors (Lipinski definition) is 1. The van der Waals surface area contributed by atoms with E-state index in [0.29, 0.717) is 6.08 Å². The monoisotopic (exact) mass is 180 g/mol. The third-order valence-electron chi connectivity index (χ3n) is 1.37. The van der Waals surface area contributed by atoms with E-state index in [1.807, 2.05) is 0 Å². The lowest BCUT2D eigenvalue weighted by Crippen LogP contribution is -2.12. The van der Waals surface area contributed by atoms with Crippen molar-refractivity contribution in [1.29, 1.82) is 0 Å². The normalized spacial score (nSPS) is 13.8. The molecule has 4 heteroatoms. The summed E-state index contributed by atoms with van der Waals surface area (Å²) in [4.78, 5) is 10.8. The van der Waals surface area contributed by atoms with Crippen molar-refractivity contribution in [2.24, 2.45) is 5.92 Å². The summed E-state index contributed by atoms with van der Waals surface area (Å²) in [5, 5.41) is 0. The van der Waals surface area contributed by atoms with E-state index in [1.165, 1.54) is 0 Å². The van der Waals surface area contributed by atoms with Crippen LogP contribution in [0.4, 0.5) is 13.2 Å². The third kappa shape index (κ3) is 3.55. The van der Waals surface area contributed by atoms with Gasteiger partial charge in [0.25, 0.3) is 0 Å². The molecule has 0 rings (SSSR count). The predicted molar refractivity (Wildman–Crippen MR) is 39.7 cm³/mol. The zero-order valence-electron chi connectivity index (χ0n) is 7.20. The average molecular weight is 180 g/mol. The van der Waals surface area contributed by atoms with Gasteiger partial charge in [0, 0.05) is 11.5 Å². The largest absolute Gasteiger partial charge is 0.412 e. The van der Waals surface area contributed by atoms with Crippen LogP contribution in [0.1, 0.15) is 20.8 Å². The molecule has 0 aromatic rings. The molecule has 0 aromatic carbocycles. The lowest BCUT2D eigenvalue weighted by molar-refractivity contribution is -0.118. The van der Waals surface area contributed by atoms with Gasteiger partial charge in [-0.05, 0) is 13.0 Å². The molecule has 0 bridgehead atoms. The van der Waals surface area contributed by atoms with Crippen LogP contribution in [0.3, 0.4) is 0 Å². The first kappa shape index (κ1) is 11.2. The van der Waals surface area contributed by atoms with Crippen molar-refractivity contribution in [3.63, 3.8) is 0 Å². The highest BCUT2D eigenvalue weighted by molar-refractivity contribution is 5.91. The Bertz CT molecular complexity index is 201. The van der Waals surface area contributed by atoms with Crippen molar-refractivity contribution < 1.29 is 18.0 Å². The molecular formula is C8H11F3O. The summed E-state index contributed by atoms with van der Waals surface area (Å²) in [7, 11) is 0. The molecule has 0 saturated heterocycles. The summed E-state index contributed by atoms with van der Waals surface area (Å²) < 4.78 is 35.6. The van der Waals surface area contributed by atoms with Gasteiger partial charge in [-0.15, -0.1) is 0 Å². The van der Waals surface area contributed by atoms with Gasteiger partial charge in [0.1, 0.15) is 0 Å². The van der Waals surface area contributed by atoms with Crippen LogP contribution < -0.4 is 0 Å². The number of allylic oxidation sites excluding steroid dienone is 2. The SMILES string of the molecule is C/C(=C/C(=O)C(C)C)C(F)(F)F. The summed E-state index contributed by atoms with van der Waals surface area (Å²) in [6, 6.07) is 0. The van der Waals surface area contributed by atoms with Crippen LogP contribution in [0.5, 0.6) is 0 Å². The van der Waals surface area contributed by atoms with Crippen molar-refractivity contribution in [3.8, 4) is 0 Å². The topological polar surface area (TPSA) is 17.1 Å². The van der Waals surface area contributed by atoms with Crippen molar-refractivity contribution in [2.45, 2.75) is 26.9 Å². The Labute approximate surface area is 69.3 Å². The molecule has 0 unspecified atom stereocenters. The Morgan fingerprint density at radius 3 is 2.00 bits per heavy atom. The minimum absolute atomic E-state index is 0.387. The fourth-order valence-electron chi connectivity index (χ4n) is 0.462. The fraction of sp³-hybridized carbons (Fsp3) is 0.625. The van der Waals surface area contributed by atoms with Gasteiger partial charge in [0.05, 0.1) is 0 Å². The highest BCUT2D eigenvalue weighted by Crippen LogP contribution is 2.24. The average Bonchev–Trinajstić information content (AvgIpc) is 1.85. The standard InChI is InChI=1S/C8H11F3O/c1-5(2)7(12)4-6(3)8(9,10)11/h4-5H,1-3H3/b6-4-. The van der Waals surface area contributed by atoms with Crippen LogP contribution in [-0.2, 0) is 4.79 Å². The first-order valence-corrected chi connectivity index (χ1v) is 3.54. The summed E-state index contributed by atoms with van der Waals surface area (Å²) in [5.41, 5.74) is -0.846. The Kier molecular flexibility index (Phi) is 3.49. The molecule has 1 nitrogen and oxygen atoms in total. The lowest BCUT2D eigenvalue weighted by Gasteiger charge is -2.06. The zero-order chi connectivity index (χ0) is 9.94. The molecule has 0 amide bonds. The second kappa shape index (κ2) is 3.74. The maximum atomic E-state index is 11.9. The van der Waals surface area contributed by atoms with Crippen molar-refractivity contribution in [3.05, 3.63) is 11.6 Å². The van der Waals surface area contributed by atoms with Gasteiger partial charge in [0.15, 0.2) is 5.78 Å². The maximum Gasteiger partial charge on any atom is 0.412 e. The Balaban J connectivity index is 4.48. The van der Waals surface area contributed by atoms with Gasteiger partial charge >= 0.3 is 6.18 Å². The maximum absolute atomic E-state index is 11.9. The van der Waals surface area contributed by atoms with Crippen LogP contribution in [0, 0.1) is 5.92 Å². The molecule has 0 radical (unpaired) electrons. The van der Waals surface area contributed by atoms with Crippen LogP contribution in [0.15, 0.2) is 11.6 Å². The summed E-state index contributed by atoms with van der Waals surface area (Å²) in [6.07, 6.45) is -3.74. The molecule has 0 heterocycles. The van der Waals surface area contributed by atoms with Crippen molar-refractivity contribution in [1.82, 2.24) is 0 Å². The molecular weight excluding hydrogens is 169 g/mol. The Hall–Kier alpha value is -0.800. The molecule has 0 aliphatic rings. The molecule has 0 aliphatic heterocycles. The Morgan fingerprint density at radius 2 is 1.75 bits per heavy atom. The van der Waals surface area contributed by atoms with E-state index in [1.54, 1.807) is 13.8 Å². The smallest absolute Gasteiger partial charge is 0.295 e. The minimum atomic E-state index is -4.38. The predicted octanol–water partition coefficient (Wildman–Crippen LogP) is 2.72. The minimum Gasteiger partial charge on any atom is -0.295 e. The molecule has 0 atom stereocenters. The summed E-state index contributed by atoms with van der Waals surface area (Å²) >= 11 is 0. The van der Waals surface area contributed by atoms with E-state index in [0.717, 1.165) is 6.92 Å². The molecule has 0 aromatic heterocycles. The van der Waals surface area contributed by atoms with Crippen LogP contribution in [0.2, 0.25) is 0 Å². The quantitative estimate of drug-likeness (QED) is 0.597. The fourth-order valence-corrected chi connectivity index (χ4v) is 0.462. The van der Waals surface area contributed by atoms with Crippen LogP contribution in [0.25, 0.3) is 0 Å². The van der Waals surface area contributed by atoms with E-state index in [4.69, 9.17) is 0 Å². The Morgan fingerprint density at radius 1 is 1.33 bits per heavy atom. The molecule has 70 valence electrons. The molecule has 0 N–H and O–H groups in total. The van der Waals surface area contributed by atoms with Crippen LogP contribution >= 0.6 is 0 Å². The summed E-state index contributed by atoms with van der Waals surface area (Å²) in [5.74, 6) is -0.882. The lowest BCUT2D eigenvalue weighted by atomic mass is 10.1. The van der Waals surface area contributed by atoms with Gasteiger partial charge in [-0.3, -0.25) is 4.79 Å². The van der Waals surface area contributed by atoms with E-state index in [-0.39, 0.29) is 5.92 Å². The van der Waals surface area contributed by atoms with Gasteiger partial charge in [-0.25, -0.2) is 0 Å². The van der Waals surface area contributed by atoms with E-state index in [2.05, 4.69) is 0 Å².